The Morgan fingerprint density at radius 3 is 2.76 bits per heavy atom. The maximum absolute atomic E-state index is 5.02. The van der Waals surface area contributed by atoms with Gasteiger partial charge < -0.3 is 4.90 Å². The zero-order valence-corrected chi connectivity index (χ0v) is 18.2. The van der Waals surface area contributed by atoms with Crippen LogP contribution in [0.1, 0.15) is 79.7 Å². The maximum Gasteiger partial charge on any atom is 0.225 e. The molecule has 3 aliphatic heterocycles. The molecular weight excluding hydrogens is 360 g/mol. The van der Waals surface area contributed by atoms with Gasteiger partial charge in [0.2, 0.25) is 5.95 Å². The highest BCUT2D eigenvalue weighted by Gasteiger charge is 2.41. The number of rotatable bonds is 6. The van der Waals surface area contributed by atoms with Crippen LogP contribution in [0.3, 0.4) is 0 Å². The Hall–Kier alpha value is -1.95. The number of aromatic nitrogens is 4. The molecule has 0 unspecified atom stereocenters. The molecule has 0 amide bonds. The van der Waals surface area contributed by atoms with Crippen LogP contribution < -0.4 is 4.90 Å². The molecule has 2 aromatic rings. The minimum absolute atomic E-state index is 0.467. The third-order valence-corrected chi connectivity index (χ3v) is 7.30. The summed E-state index contributed by atoms with van der Waals surface area (Å²) in [5, 5.41) is 4.84. The molecule has 2 aromatic heterocycles. The molecule has 0 aliphatic carbocycles. The summed E-state index contributed by atoms with van der Waals surface area (Å²) < 4.78 is 2.22. The first-order valence-electron chi connectivity index (χ1n) is 11.5. The van der Waals surface area contributed by atoms with Crippen molar-refractivity contribution in [2.24, 2.45) is 0 Å². The first-order chi connectivity index (χ1) is 14.2. The van der Waals surface area contributed by atoms with Gasteiger partial charge in [-0.2, -0.15) is 5.10 Å². The molecule has 2 bridgehead atoms. The summed E-state index contributed by atoms with van der Waals surface area (Å²) in [6, 6.07) is 1.07. The second-order valence-corrected chi connectivity index (χ2v) is 9.12. The predicted octanol–water partition coefficient (Wildman–Crippen LogP) is 3.95. The SMILES string of the molecule is CCCCn1nc(C)c(CN2[C@@H]3CC[C@@H]2c2cnc(N4CCCC4)nc2C3)c1C. The van der Waals surface area contributed by atoms with E-state index >= 15 is 0 Å². The fourth-order valence-corrected chi connectivity index (χ4v) is 5.55. The number of anilines is 1. The molecule has 2 fully saturated rings. The predicted molar refractivity (Wildman–Crippen MR) is 115 cm³/mol. The quantitative estimate of drug-likeness (QED) is 0.742. The smallest absolute Gasteiger partial charge is 0.225 e. The summed E-state index contributed by atoms with van der Waals surface area (Å²) in [5.74, 6) is 0.956. The van der Waals surface area contributed by atoms with Crippen molar-refractivity contribution in [2.75, 3.05) is 18.0 Å². The Bertz CT molecular complexity index is 882. The summed E-state index contributed by atoms with van der Waals surface area (Å²) in [5.41, 5.74) is 6.65. The van der Waals surface area contributed by atoms with Crippen LogP contribution in [-0.2, 0) is 19.5 Å². The van der Waals surface area contributed by atoms with Crippen molar-refractivity contribution in [3.8, 4) is 0 Å². The van der Waals surface area contributed by atoms with Crippen LogP contribution in [0, 0.1) is 13.8 Å². The fourth-order valence-electron chi connectivity index (χ4n) is 5.55. The second kappa shape index (κ2) is 7.71. The maximum atomic E-state index is 5.02. The van der Waals surface area contributed by atoms with Crippen LogP contribution in [0.15, 0.2) is 6.20 Å². The van der Waals surface area contributed by atoms with Gasteiger partial charge in [-0.15, -0.1) is 0 Å². The molecule has 0 radical (unpaired) electrons. The number of aryl methyl sites for hydroxylation is 2. The minimum Gasteiger partial charge on any atom is -0.341 e. The van der Waals surface area contributed by atoms with Crippen molar-refractivity contribution < 1.29 is 0 Å². The molecule has 3 aliphatic rings. The van der Waals surface area contributed by atoms with Gasteiger partial charge in [0.1, 0.15) is 0 Å². The van der Waals surface area contributed by atoms with Gasteiger partial charge in [-0.3, -0.25) is 9.58 Å². The summed E-state index contributed by atoms with van der Waals surface area (Å²) in [6.07, 6.45) is 10.6. The first kappa shape index (κ1) is 19.0. The molecule has 0 spiro atoms. The molecule has 2 saturated heterocycles. The first-order valence-corrected chi connectivity index (χ1v) is 11.5. The Kier molecular flexibility index (Phi) is 5.06. The molecule has 5 rings (SSSR count). The number of fused-ring (bicyclic) bond motifs is 4. The number of nitrogens with zero attached hydrogens (tertiary/aromatic N) is 6. The van der Waals surface area contributed by atoms with Crippen LogP contribution in [0.5, 0.6) is 0 Å². The Morgan fingerprint density at radius 2 is 1.97 bits per heavy atom. The van der Waals surface area contributed by atoms with Crippen LogP contribution >= 0.6 is 0 Å². The lowest BCUT2D eigenvalue weighted by Gasteiger charge is -2.36. The molecule has 156 valence electrons. The molecule has 29 heavy (non-hydrogen) atoms. The average molecular weight is 395 g/mol. The van der Waals surface area contributed by atoms with Crippen molar-refractivity contribution in [2.45, 2.75) is 90.9 Å². The third kappa shape index (κ3) is 3.35. The molecule has 6 heteroatoms. The van der Waals surface area contributed by atoms with Crippen molar-refractivity contribution in [1.29, 1.82) is 0 Å². The van der Waals surface area contributed by atoms with Gasteiger partial charge in [0.25, 0.3) is 0 Å². The molecule has 0 saturated carbocycles. The number of hydrogen-bond acceptors (Lipinski definition) is 5. The summed E-state index contributed by atoms with van der Waals surface area (Å²) >= 11 is 0. The Labute approximate surface area is 174 Å². The van der Waals surface area contributed by atoms with Gasteiger partial charge in [-0.25, -0.2) is 9.97 Å². The van der Waals surface area contributed by atoms with Gasteiger partial charge in [-0.05, 0) is 46.0 Å². The summed E-state index contributed by atoms with van der Waals surface area (Å²) in [6.45, 7) is 10.9. The van der Waals surface area contributed by atoms with Crippen molar-refractivity contribution in [3.05, 3.63) is 34.4 Å². The van der Waals surface area contributed by atoms with E-state index in [9.17, 15) is 0 Å². The topological polar surface area (TPSA) is 50.1 Å². The van der Waals surface area contributed by atoms with Gasteiger partial charge in [0.15, 0.2) is 0 Å². The van der Waals surface area contributed by atoms with E-state index in [1.807, 2.05) is 0 Å². The highest BCUT2D eigenvalue weighted by Crippen LogP contribution is 2.44. The zero-order valence-electron chi connectivity index (χ0n) is 18.2. The lowest BCUT2D eigenvalue weighted by Crippen LogP contribution is -2.38. The standard InChI is InChI=1S/C23H34N6/c1-4-5-12-29-17(3)20(16(2)26-29)15-28-18-8-9-22(28)19-14-24-23(25-21(19)13-18)27-10-6-7-11-27/h14,18,22H,4-13,15H2,1-3H3/t18-,22-/m1/s1. The molecule has 2 atom stereocenters. The number of hydrogen-bond donors (Lipinski definition) is 0. The van der Waals surface area contributed by atoms with Gasteiger partial charge >= 0.3 is 0 Å². The van der Waals surface area contributed by atoms with E-state index in [2.05, 4.69) is 41.4 Å². The minimum atomic E-state index is 0.467. The van der Waals surface area contributed by atoms with Crippen LogP contribution in [0.2, 0.25) is 0 Å². The Balaban J connectivity index is 1.38. The number of unbranched alkanes of at least 4 members (excludes halogenated alkanes) is 1. The molecular formula is C23H34N6. The van der Waals surface area contributed by atoms with E-state index in [0.717, 1.165) is 38.5 Å². The molecule has 5 heterocycles. The zero-order chi connectivity index (χ0) is 20.0. The second-order valence-electron chi connectivity index (χ2n) is 9.12. The lowest BCUT2D eigenvalue weighted by molar-refractivity contribution is 0.165. The van der Waals surface area contributed by atoms with Gasteiger partial charge in [0, 0.05) is 67.7 Å². The molecule has 0 N–H and O–H groups in total. The largest absolute Gasteiger partial charge is 0.341 e. The highest BCUT2D eigenvalue weighted by atomic mass is 15.3. The van der Waals surface area contributed by atoms with Crippen LogP contribution in [-0.4, -0.2) is 43.8 Å². The summed E-state index contributed by atoms with van der Waals surface area (Å²) in [4.78, 5) is 14.9. The summed E-state index contributed by atoms with van der Waals surface area (Å²) in [7, 11) is 0. The van der Waals surface area contributed by atoms with E-state index in [1.54, 1.807) is 0 Å². The van der Waals surface area contributed by atoms with E-state index in [1.165, 1.54) is 66.7 Å². The van der Waals surface area contributed by atoms with Gasteiger partial charge in [-0.1, -0.05) is 13.3 Å². The Morgan fingerprint density at radius 1 is 1.14 bits per heavy atom. The van der Waals surface area contributed by atoms with Crippen molar-refractivity contribution in [1.82, 2.24) is 24.6 Å². The van der Waals surface area contributed by atoms with Crippen molar-refractivity contribution in [3.63, 3.8) is 0 Å². The normalized spacial score (nSPS) is 23.8. The highest BCUT2D eigenvalue weighted by molar-refractivity contribution is 5.38. The van der Waals surface area contributed by atoms with E-state index in [4.69, 9.17) is 15.1 Å². The molecule has 6 nitrogen and oxygen atoms in total. The van der Waals surface area contributed by atoms with E-state index in [0.29, 0.717) is 12.1 Å². The monoisotopic (exact) mass is 394 g/mol. The van der Waals surface area contributed by atoms with E-state index < -0.39 is 0 Å². The lowest BCUT2D eigenvalue weighted by atomic mass is 9.98. The third-order valence-electron chi connectivity index (χ3n) is 7.30. The van der Waals surface area contributed by atoms with Crippen LogP contribution in [0.4, 0.5) is 5.95 Å². The van der Waals surface area contributed by atoms with Crippen LogP contribution in [0.25, 0.3) is 0 Å². The van der Waals surface area contributed by atoms with E-state index in [-0.39, 0.29) is 0 Å². The van der Waals surface area contributed by atoms with Crippen molar-refractivity contribution >= 4 is 5.95 Å². The van der Waals surface area contributed by atoms with Gasteiger partial charge in [0.05, 0.1) is 11.4 Å². The average Bonchev–Trinajstić information content (AvgIpc) is 3.41. The molecule has 0 aromatic carbocycles. The fraction of sp³-hybridized carbons (Fsp3) is 0.696.